The van der Waals surface area contributed by atoms with Crippen LogP contribution in [0.4, 0.5) is 0 Å². The van der Waals surface area contributed by atoms with Gasteiger partial charge in [-0.3, -0.25) is 0 Å². The summed E-state index contributed by atoms with van der Waals surface area (Å²) < 4.78 is 5.30. The molecule has 5 heteroatoms. The zero-order chi connectivity index (χ0) is 15.9. The molecule has 3 rings (SSSR count). The van der Waals surface area contributed by atoms with Crippen molar-refractivity contribution in [3.63, 3.8) is 0 Å². The van der Waals surface area contributed by atoms with E-state index in [1.165, 1.54) is 0 Å². The molecule has 0 saturated heterocycles. The minimum atomic E-state index is -0.579. The topological polar surface area (TPSA) is 41.5 Å². The van der Waals surface area contributed by atoms with E-state index in [1.54, 1.807) is 13.2 Å². The lowest BCUT2D eigenvalue weighted by atomic mass is 9.91. The van der Waals surface area contributed by atoms with Gasteiger partial charge in [0, 0.05) is 5.92 Å². The summed E-state index contributed by atoms with van der Waals surface area (Å²) in [5.41, 5.74) is 3.07. The van der Waals surface area contributed by atoms with Gasteiger partial charge in [-0.2, -0.15) is 0 Å². The molecule has 0 radical (unpaired) electrons. The predicted molar refractivity (Wildman–Crippen MR) is 89.1 cm³/mol. The first-order chi connectivity index (χ1) is 10.6. The fraction of sp³-hybridized carbons (Fsp3) is 0.294. The van der Waals surface area contributed by atoms with Crippen LogP contribution in [0.15, 0.2) is 36.4 Å². The van der Waals surface area contributed by atoms with Crippen molar-refractivity contribution < 1.29 is 9.84 Å². The van der Waals surface area contributed by atoms with Crippen LogP contribution in [0.5, 0.6) is 5.75 Å². The first-order valence-electron chi connectivity index (χ1n) is 7.05. The van der Waals surface area contributed by atoms with Crippen molar-refractivity contribution in [3.05, 3.63) is 63.1 Å². The van der Waals surface area contributed by atoms with Crippen molar-refractivity contribution in [2.45, 2.75) is 18.1 Å². The highest BCUT2D eigenvalue weighted by Crippen LogP contribution is 2.46. The molecular formula is C17H17Cl2NO2. The number of benzene rings is 2. The number of fused-ring (bicyclic) bond motifs is 1. The summed E-state index contributed by atoms with van der Waals surface area (Å²) in [6.45, 7) is 0. The Kier molecular flexibility index (Phi) is 4.33. The molecule has 0 aliphatic heterocycles. The molecule has 22 heavy (non-hydrogen) atoms. The van der Waals surface area contributed by atoms with Gasteiger partial charge in [0.25, 0.3) is 0 Å². The number of halogens is 2. The number of methoxy groups -OCH3 is 1. The highest BCUT2D eigenvalue weighted by molar-refractivity contribution is 6.42. The summed E-state index contributed by atoms with van der Waals surface area (Å²) in [5.74, 6) is 0.633. The average molecular weight is 338 g/mol. The van der Waals surface area contributed by atoms with E-state index in [1.807, 2.05) is 37.4 Å². The van der Waals surface area contributed by atoms with Gasteiger partial charge in [0.05, 0.1) is 29.3 Å². The van der Waals surface area contributed by atoms with Crippen molar-refractivity contribution in [2.75, 3.05) is 14.2 Å². The van der Waals surface area contributed by atoms with E-state index in [2.05, 4.69) is 5.32 Å². The second-order valence-corrected chi connectivity index (χ2v) is 6.22. The monoisotopic (exact) mass is 337 g/mol. The van der Waals surface area contributed by atoms with Crippen molar-refractivity contribution in [3.8, 4) is 5.75 Å². The molecule has 0 amide bonds. The van der Waals surface area contributed by atoms with Crippen LogP contribution in [-0.4, -0.2) is 25.4 Å². The van der Waals surface area contributed by atoms with Crippen molar-refractivity contribution >= 4 is 23.2 Å². The minimum Gasteiger partial charge on any atom is -0.497 e. The molecule has 0 saturated carbocycles. The molecule has 2 N–H and O–H groups in total. The van der Waals surface area contributed by atoms with E-state index in [9.17, 15) is 5.11 Å². The van der Waals surface area contributed by atoms with E-state index < -0.39 is 6.10 Å². The highest BCUT2D eigenvalue weighted by atomic mass is 35.5. The maximum atomic E-state index is 10.8. The van der Waals surface area contributed by atoms with Gasteiger partial charge in [0.2, 0.25) is 0 Å². The summed E-state index contributed by atoms with van der Waals surface area (Å²) in [6, 6.07) is 11.2. The molecule has 2 aromatic rings. The maximum Gasteiger partial charge on any atom is 0.119 e. The van der Waals surface area contributed by atoms with Crippen LogP contribution in [0.2, 0.25) is 10.0 Å². The third-order valence-electron chi connectivity index (χ3n) is 4.26. The molecule has 1 unspecified atom stereocenters. The van der Waals surface area contributed by atoms with Crippen LogP contribution in [-0.2, 0) is 0 Å². The van der Waals surface area contributed by atoms with Gasteiger partial charge >= 0.3 is 0 Å². The zero-order valence-corrected chi connectivity index (χ0v) is 13.8. The largest absolute Gasteiger partial charge is 0.497 e. The lowest BCUT2D eigenvalue weighted by Crippen LogP contribution is -2.28. The Morgan fingerprint density at radius 1 is 1.05 bits per heavy atom. The molecule has 116 valence electrons. The van der Waals surface area contributed by atoms with E-state index in [-0.39, 0.29) is 12.0 Å². The Labute approximate surface area is 139 Å². The van der Waals surface area contributed by atoms with Crippen molar-refractivity contribution in [1.29, 1.82) is 0 Å². The smallest absolute Gasteiger partial charge is 0.119 e. The fourth-order valence-corrected chi connectivity index (χ4v) is 3.51. The van der Waals surface area contributed by atoms with Crippen LogP contribution in [0.25, 0.3) is 0 Å². The summed E-state index contributed by atoms with van der Waals surface area (Å²) in [5, 5.41) is 15.0. The normalized spacial score (nSPS) is 23.4. The summed E-state index contributed by atoms with van der Waals surface area (Å²) in [4.78, 5) is 0. The molecule has 0 aromatic heterocycles. The van der Waals surface area contributed by atoms with Crippen LogP contribution in [0, 0.1) is 0 Å². The lowest BCUT2D eigenvalue weighted by molar-refractivity contribution is 0.130. The van der Waals surface area contributed by atoms with Gasteiger partial charge in [0.15, 0.2) is 0 Å². The third-order valence-corrected chi connectivity index (χ3v) is 5.00. The number of hydrogen-bond acceptors (Lipinski definition) is 3. The Morgan fingerprint density at radius 2 is 1.82 bits per heavy atom. The molecule has 0 heterocycles. The summed E-state index contributed by atoms with van der Waals surface area (Å²) >= 11 is 12.1. The molecular weight excluding hydrogens is 321 g/mol. The van der Waals surface area contributed by atoms with E-state index in [0.29, 0.717) is 10.0 Å². The second kappa shape index (κ2) is 6.09. The molecule has 3 atom stereocenters. The standard InChI is InChI=1S/C17H17Cl2NO2/c1-20-16-12-8-10(22-2)4-5-11(12)15(17(16)21)9-3-6-13(18)14(19)7-9/h3-8,15-17,20-21H,1-2H3/t15?,16-,17-/m0/s1. The number of aliphatic hydroxyl groups excluding tert-OH is 1. The average Bonchev–Trinajstić information content (AvgIpc) is 2.80. The predicted octanol–water partition coefficient (Wildman–Crippen LogP) is 3.77. The van der Waals surface area contributed by atoms with E-state index >= 15 is 0 Å². The minimum absolute atomic E-state index is 0.145. The zero-order valence-electron chi connectivity index (χ0n) is 12.3. The van der Waals surface area contributed by atoms with Gasteiger partial charge in [-0.1, -0.05) is 35.3 Å². The van der Waals surface area contributed by atoms with E-state index in [0.717, 1.165) is 22.4 Å². The van der Waals surface area contributed by atoms with Gasteiger partial charge in [0.1, 0.15) is 5.75 Å². The van der Waals surface area contributed by atoms with Gasteiger partial charge in [-0.25, -0.2) is 0 Å². The lowest BCUT2D eigenvalue weighted by Gasteiger charge is -2.20. The Balaban J connectivity index is 2.11. The van der Waals surface area contributed by atoms with Gasteiger partial charge < -0.3 is 15.2 Å². The molecule has 3 nitrogen and oxygen atoms in total. The molecule has 1 aliphatic rings. The Hall–Kier alpha value is -1.26. The van der Waals surface area contributed by atoms with Crippen LogP contribution in [0.3, 0.4) is 0 Å². The fourth-order valence-electron chi connectivity index (χ4n) is 3.20. The van der Waals surface area contributed by atoms with Crippen molar-refractivity contribution in [2.24, 2.45) is 0 Å². The van der Waals surface area contributed by atoms with E-state index in [4.69, 9.17) is 27.9 Å². The molecule has 0 bridgehead atoms. The molecule has 1 aliphatic carbocycles. The molecule has 2 aromatic carbocycles. The highest BCUT2D eigenvalue weighted by Gasteiger charge is 2.40. The summed E-state index contributed by atoms with van der Waals surface area (Å²) in [7, 11) is 3.48. The summed E-state index contributed by atoms with van der Waals surface area (Å²) in [6.07, 6.45) is -0.579. The second-order valence-electron chi connectivity index (χ2n) is 5.40. The maximum absolute atomic E-state index is 10.8. The van der Waals surface area contributed by atoms with Crippen LogP contribution < -0.4 is 10.1 Å². The van der Waals surface area contributed by atoms with Crippen LogP contribution in [0.1, 0.15) is 28.7 Å². The molecule has 0 fully saturated rings. The number of likely N-dealkylation sites (N-methyl/N-ethyl adjacent to an activating group) is 1. The quantitative estimate of drug-likeness (QED) is 0.895. The first-order valence-corrected chi connectivity index (χ1v) is 7.80. The third kappa shape index (κ3) is 2.48. The van der Waals surface area contributed by atoms with Gasteiger partial charge in [-0.15, -0.1) is 0 Å². The Bertz CT molecular complexity index is 705. The number of ether oxygens (including phenoxy) is 1. The molecule has 0 spiro atoms. The Morgan fingerprint density at radius 3 is 2.45 bits per heavy atom. The van der Waals surface area contributed by atoms with Gasteiger partial charge in [-0.05, 0) is 48.0 Å². The van der Waals surface area contributed by atoms with Crippen LogP contribution >= 0.6 is 23.2 Å². The van der Waals surface area contributed by atoms with Crippen molar-refractivity contribution in [1.82, 2.24) is 5.32 Å². The number of nitrogens with one attached hydrogen (secondary N) is 1. The number of hydrogen-bond donors (Lipinski definition) is 2. The number of rotatable bonds is 3. The SMILES string of the molecule is CN[C@H]1c2cc(OC)ccc2C(c2ccc(Cl)c(Cl)c2)[C@@H]1O. The first kappa shape index (κ1) is 15.6. The number of aliphatic hydroxyl groups is 1.